The summed E-state index contributed by atoms with van der Waals surface area (Å²) in [6.45, 7) is 4.93. The lowest BCUT2D eigenvalue weighted by molar-refractivity contribution is -0.160. The van der Waals surface area contributed by atoms with Crippen LogP contribution >= 0.6 is 0 Å². The molecule has 2 atom stereocenters. The van der Waals surface area contributed by atoms with Gasteiger partial charge in [0.2, 0.25) is 0 Å². The molecule has 0 bridgehead atoms. The minimum absolute atomic E-state index is 0.158. The van der Waals surface area contributed by atoms with Crippen LogP contribution in [0.25, 0.3) is 0 Å². The van der Waals surface area contributed by atoms with Gasteiger partial charge in [-0.25, -0.2) is 4.79 Å². The topological polar surface area (TPSA) is 102 Å². The van der Waals surface area contributed by atoms with Crippen LogP contribution in [0.4, 0.5) is 4.79 Å². The number of ether oxygens (including phenoxy) is 2. The van der Waals surface area contributed by atoms with Gasteiger partial charge in [-0.2, -0.15) is 0 Å². The number of hydrogen-bond donors (Lipinski definition) is 2. The van der Waals surface area contributed by atoms with Crippen molar-refractivity contribution < 1.29 is 29.0 Å². The highest BCUT2D eigenvalue weighted by molar-refractivity contribution is 5.81. The second-order valence-corrected chi connectivity index (χ2v) is 5.08. The van der Waals surface area contributed by atoms with E-state index >= 15 is 0 Å². The number of aliphatic carboxylic acids is 1. The Bertz CT molecular complexity index is 359. The third kappa shape index (κ3) is 4.23. The molecule has 1 heterocycles. The van der Waals surface area contributed by atoms with Crippen molar-refractivity contribution in [2.24, 2.45) is 5.92 Å². The molecular formula is C11H17NO6. The van der Waals surface area contributed by atoms with Gasteiger partial charge in [0.25, 0.3) is 0 Å². The van der Waals surface area contributed by atoms with Crippen LogP contribution in [0.15, 0.2) is 0 Å². The van der Waals surface area contributed by atoms with Gasteiger partial charge in [-0.1, -0.05) is 0 Å². The fourth-order valence-corrected chi connectivity index (χ4v) is 1.54. The fourth-order valence-electron chi connectivity index (χ4n) is 1.54. The third-order valence-corrected chi connectivity index (χ3v) is 2.32. The summed E-state index contributed by atoms with van der Waals surface area (Å²) in [5.41, 5.74) is -0.672. The van der Waals surface area contributed by atoms with Gasteiger partial charge in [0, 0.05) is 0 Å². The number of amides is 1. The van der Waals surface area contributed by atoms with Crippen molar-refractivity contribution in [3.8, 4) is 0 Å². The molecule has 2 unspecified atom stereocenters. The summed E-state index contributed by atoms with van der Waals surface area (Å²) in [5.74, 6) is -2.71. The van der Waals surface area contributed by atoms with E-state index in [1.807, 2.05) is 0 Å². The van der Waals surface area contributed by atoms with E-state index in [9.17, 15) is 14.4 Å². The van der Waals surface area contributed by atoms with Gasteiger partial charge < -0.3 is 19.9 Å². The molecule has 0 aliphatic carbocycles. The highest BCUT2D eigenvalue weighted by Crippen LogP contribution is 2.17. The first-order valence-corrected chi connectivity index (χ1v) is 5.57. The van der Waals surface area contributed by atoms with Crippen molar-refractivity contribution >= 4 is 18.0 Å². The molecular weight excluding hydrogens is 242 g/mol. The van der Waals surface area contributed by atoms with Crippen LogP contribution in [0.5, 0.6) is 0 Å². The lowest BCUT2D eigenvalue weighted by Crippen LogP contribution is -2.51. The summed E-state index contributed by atoms with van der Waals surface area (Å²) in [6.07, 6.45) is -0.979. The van der Waals surface area contributed by atoms with Crippen molar-refractivity contribution in [3.63, 3.8) is 0 Å². The van der Waals surface area contributed by atoms with E-state index in [-0.39, 0.29) is 13.0 Å². The Morgan fingerprint density at radius 3 is 2.56 bits per heavy atom. The van der Waals surface area contributed by atoms with Crippen LogP contribution in [0.1, 0.15) is 27.2 Å². The number of hydrogen-bond acceptors (Lipinski definition) is 5. The van der Waals surface area contributed by atoms with Gasteiger partial charge in [-0.3, -0.25) is 9.59 Å². The summed E-state index contributed by atoms with van der Waals surface area (Å²) in [5, 5.41) is 11.4. The number of carbonyl (C=O) groups is 3. The zero-order chi connectivity index (χ0) is 13.9. The number of rotatable bonds is 2. The average molecular weight is 259 g/mol. The standard InChI is InChI=1S/C11H17NO6/c1-11(2,3)18-10(16)12-7-5-17-8(13)4-6(7)9(14)15/h6-7H,4-5H2,1-3H3,(H,12,16)(H,14,15). The van der Waals surface area contributed by atoms with Gasteiger partial charge in [-0.15, -0.1) is 0 Å². The second-order valence-electron chi connectivity index (χ2n) is 5.08. The zero-order valence-corrected chi connectivity index (χ0v) is 10.6. The predicted molar refractivity (Wildman–Crippen MR) is 59.9 cm³/mol. The SMILES string of the molecule is CC(C)(C)OC(=O)NC1COC(=O)CC1C(=O)O. The summed E-state index contributed by atoms with van der Waals surface area (Å²) < 4.78 is 9.74. The molecule has 18 heavy (non-hydrogen) atoms. The molecule has 0 saturated carbocycles. The molecule has 7 nitrogen and oxygen atoms in total. The number of cyclic esters (lactones) is 1. The van der Waals surface area contributed by atoms with Crippen LogP contribution in [0.3, 0.4) is 0 Å². The van der Waals surface area contributed by atoms with E-state index in [2.05, 4.69) is 5.32 Å². The molecule has 0 radical (unpaired) electrons. The van der Waals surface area contributed by atoms with Crippen molar-refractivity contribution in [3.05, 3.63) is 0 Å². The molecule has 102 valence electrons. The molecule has 1 fully saturated rings. The largest absolute Gasteiger partial charge is 0.481 e. The molecule has 1 aliphatic heterocycles. The Kier molecular flexibility index (Phi) is 4.15. The monoisotopic (exact) mass is 259 g/mol. The Labute approximate surface area is 104 Å². The van der Waals surface area contributed by atoms with Crippen LogP contribution in [-0.2, 0) is 19.1 Å². The number of esters is 1. The first-order valence-electron chi connectivity index (χ1n) is 5.57. The maximum absolute atomic E-state index is 11.5. The van der Waals surface area contributed by atoms with Gasteiger partial charge in [0.15, 0.2) is 0 Å². The predicted octanol–water partition coefficient (Wildman–Crippen LogP) is 0.527. The first kappa shape index (κ1) is 14.3. The normalized spacial score (nSPS) is 24.1. The van der Waals surface area contributed by atoms with Crippen LogP contribution in [-0.4, -0.2) is 41.4 Å². The van der Waals surface area contributed by atoms with E-state index in [0.29, 0.717) is 0 Å². The maximum atomic E-state index is 11.5. The lowest BCUT2D eigenvalue weighted by atomic mass is 9.95. The number of nitrogens with one attached hydrogen (secondary N) is 1. The summed E-state index contributed by atoms with van der Waals surface area (Å²) >= 11 is 0. The molecule has 0 aromatic rings. The molecule has 1 saturated heterocycles. The van der Waals surface area contributed by atoms with Crippen molar-refractivity contribution in [1.82, 2.24) is 5.32 Å². The highest BCUT2D eigenvalue weighted by atomic mass is 16.6. The Morgan fingerprint density at radius 1 is 1.44 bits per heavy atom. The molecule has 0 aromatic heterocycles. The summed E-state index contributed by atoms with van der Waals surface area (Å²) in [6, 6.07) is -0.768. The van der Waals surface area contributed by atoms with Crippen LogP contribution in [0, 0.1) is 5.92 Å². The molecule has 1 rings (SSSR count). The maximum Gasteiger partial charge on any atom is 0.408 e. The number of carboxylic acid groups (broad SMARTS) is 1. The zero-order valence-electron chi connectivity index (χ0n) is 10.6. The molecule has 1 aliphatic rings. The highest BCUT2D eigenvalue weighted by Gasteiger charge is 2.37. The number of carbonyl (C=O) groups excluding carboxylic acids is 2. The van der Waals surface area contributed by atoms with Gasteiger partial charge in [-0.05, 0) is 20.8 Å². The summed E-state index contributed by atoms with van der Waals surface area (Å²) in [7, 11) is 0. The lowest BCUT2D eigenvalue weighted by Gasteiger charge is -2.29. The Balaban J connectivity index is 2.61. The number of carboxylic acids is 1. The first-order chi connectivity index (χ1) is 8.19. The van der Waals surface area contributed by atoms with E-state index in [1.54, 1.807) is 20.8 Å². The van der Waals surface area contributed by atoms with Crippen molar-refractivity contribution in [2.45, 2.75) is 38.8 Å². The van der Waals surface area contributed by atoms with Gasteiger partial charge in [0.1, 0.15) is 12.2 Å². The second kappa shape index (κ2) is 5.24. The van der Waals surface area contributed by atoms with E-state index in [1.165, 1.54) is 0 Å². The van der Waals surface area contributed by atoms with E-state index < -0.39 is 35.6 Å². The smallest absolute Gasteiger partial charge is 0.408 e. The molecule has 1 amide bonds. The van der Waals surface area contributed by atoms with Crippen molar-refractivity contribution in [2.75, 3.05) is 6.61 Å². The van der Waals surface area contributed by atoms with E-state index in [4.69, 9.17) is 14.6 Å². The Morgan fingerprint density at radius 2 is 2.06 bits per heavy atom. The minimum Gasteiger partial charge on any atom is -0.481 e. The van der Waals surface area contributed by atoms with Crippen LogP contribution in [0.2, 0.25) is 0 Å². The third-order valence-electron chi connectivity index (χ3n) is 2.32. The minimum atomic E-state index is -1.15. The summed E-state index contributed by atoms with van der Waals surface area (Å²) in [4.78, 5) is 33.5. The Hall–Kier alpha value is -1.79. The average Bonchev–Trinajstić information content (AvgIpc) is 2.17. The quantitative estimate of drug-likeness (QED) is 0.701. The molecule has 7 heteroatoms. The van der Waals surface area contributed by atoms with Crippen molar-refractivity contribution in [1.29, 1.82) is 0 Å². The molecule has 0 spiro atoms. The fraction of sp³-hybridized carbons (Fsp3) is 0.727. The number of alkyl carbamates (subject to hydrolysis) is 1. The van der Waals surface area contributed by atoms with E-state index in [0.717, 1.165) is 0 Å². The molecule has 0 aromatic carbocycles. The van der Waals surface area contributed by atoms with Crippen LogP contribution < -0.4 is 5.32 Å². The van der Waals surface area contributed by atoms with Gasteiger partial charge >= 0.3 is 18.0 Å². The van der Waals surface area contributed by atoms with Gasteiger partial charge in [0.05, 0.1) is 18.4 Å². The molecule has 2 N–H and O–H groups in total.